The van der Waals surface area contributed by atoms with Crippen molar-refractivity contribution in [3.63, 3.8) is 0 Å². The minimum absolute atomic E-state index is 0.0175. The molecule has 3 saturated heterocycles. The van der Waals surface area contributed by atoms with Crippen molar-refractivity contribution < 1.29 is 19.5 Å². The summed E-state index contributed by atoms with van der Waals surface area (Å²) < 4.78 is 0. The second kappa shape index (κ2) is 7.95. The van der Waals surface area contributed by atoms with Gasteiger partial charge in [-0.2, -0.15) is 11.8 Å². The van der Waals surface area contributed by atoms with E-state index >= 15 is 0 Å². The van der Waals surface area contributed by atoms with Gasteiger partial charge < -0.3 is 20.2 Å². The van der Waals surface area contributed by atoms with Gasteiger partial charge >= 0.3 is 0 Å². The molecule has 0 radical (unpaired) electrons. The SMILES string of the molecule is CSCC[C@@H](O)CC(=O)N1C[C@@H]2CN(C(=O)C3CCC(=O)N3)C[C@@H]2C1. The highest BCUT2D eigenvalue weighted by Crippen LogP contribution is 2.32. The van der Waals surface area contributed by atoms with Crippen LogP contribution in [0.2, 0.25) is 0 Å². The summed E-state index contributed by atoms with van der Waals surface area (Å²) in [7, 11) is 0. The number of hydrogen-bond acceptors (Lipinski definition) is 5. The van der Waals surface area contributed by atoms with Crippen molar-refractivity contribution >= 4 is 29.5 Å². The molecule has 4 atom stereocenters. The van der Waals surface area contributed by atoms with Gasteiger partial charge in [0.1, 0.15) is 6.04 Å². The number of aliphatic hydroxyl groups is 1. The van der Waals surface area contributed by atoms with Crippen LogP contribution in [0.25, 0.3) is 0 Å². The fourth-order valence-electron chi connectivity index (χ4n) is 4.08. The molecule has 25 heavy (non-hydrogen) atoms. The first kappa shape index (κ1) is 18.5. The quantitative estimate of drug-likeness (QED) is 0.670. The molecule has 0 aromatic heterocycles. The van der Waals surface area contributed by atoms with Gasteiger partial charge in [-0.3, -0.25) is 14.4 Å². The van der Waals surface area contributed by atoms with Crippen LogP contribution in [-0.4, -0.2) is 83.0 Å². The lowest BCUT2D eigenvalue weighted by molar-refractivity contribution is -0.134. The third kappa shape index (κ3) is 4.28. The average Bonchev–Trinajstić information content (AvgIpc) is 3.26. The maximum Gasteiger partial charge on any atom is 0.245 e. The smallest absolute Gasteiger partial charge is 0.245 e. The molecular weight excluding hydrogens is 342 g/mol. The molecule has 140 valence electrons. The molecule has 3 fully saturated rings. The minimum atomic E-state index is -0.565. The van der Waals surface area contributed by atoms with Gasteiger partial charge in [0.05, 0.1) is 12.5 Å². The molecule has 0 bridgehead atoms. The standard InChI is InChI=1S/C17H27N3O4S/c1-25-5-4-13(21)6-16(23)19-7-11-9-20(10-12(11)8-19)17(24)14-2-3-15(22)18-14/h11-14,21H,2-10H2,1H3,(H,18,22)/t11-,12+,13-,14?/m1/s1. The number of fused-ring (bicyclic) bond motifs is 1. The van der Waals surface area contributed by atoms with Crippen molar-refractivity contribution in [3.05, 3.63) is 0 Å². The van der Waals surface area contributed by atoms with Gasteiger partial charge in [0.2, 0.25) is 17.7 Å². The lowest BCUT2D eigenvalue weighted by atomic mass is 10.0. The molecular formula is C17H27N3O4S. The number of likely N-dealkylation sites (tertiary alicyclic amines) is 2. The highest BCUT2D eigenvalue weighted by atomic mass is 32.2. The summed E-state index contributed by atoms with van der Waals surface area (Å²) in [6.45, 7) is 2.66. The molecule has 3 rings (SSSR count). The Morgan fingerprint density at radius 2 is 1.88 bits per heavy atom. The second-order valence-corrected chi connectivity index (χ2v) is 8.35. The third-order valence-corrected chi connectivity index (χ3v) is 6.15. The normalized spacial score (nSPS) is 29.7. The van der Waals surface area contributed by atoms with E-state index in [0.717, 1.165) is 5.75 Å². The first-order chi connectivity index (χ1) is 12.0. The predicted octanol–water partition coefficient (Wildman–Crippen LogP) is -0.314. The maximum atomic E-state index is 12.5. The Kier molecular flexibility index (Phi) is 5.89. The van der Waals surface area contributed by atoms with E-state index in [1.165, 1.54) is 0 Å². The third-order valence-electron chi connectivity index (χ3n) is 5.51. The van der Waals surface area contributed by atoms with E-state index in [1.807, 2.05) is 16.1 Å². The molecule has 8 heteroatoms. The van der Waals surface area contributed by atoms with Crippen LogP contribution in [0.4, 0.5) is 0 Å². The summed E-state index contributed by atoms with van der Waals surface area (Å²) in [6.07, 6.45) is 3.27. The summed E-state index contributed by atoms with van der Waals surface area (Å²) in [5.41, 5.74) is 0. The molecule has 3 heterocycles. The van der Waals surface area contributed by atoms with Gasteiger partial charge in [-0.25, -0.2) is 0 Å². The molecule has 0 aromatic carbocycles. The van der Waals surface area contributed by atoms with E-state index in [1.54, 1.807) is 11.8 Å². The van der Waals surface area contributed by atoms with Crippen molar-refractivity contribution in [1.82, 2.24) is 15.1 Å². The zero-order chi connectivity index (χ0) is 18.0. The summed E-state index contributed by atoms with van der Waals surface area (Å²) in [5, 5.41) is 12.7. The zero-order valence-corrected chi connectivity index (χ0v) is 15.5. The summed E-state index contributed by atoms with van der Waals surface area (Å²) in [6, 6.07) is -0.365. The van der Waals surface area contributed by atoms with Crippen LogP contribution in [0.5, 0.6) is 0 Å². The molecule has 0 aromatic rings. The summed E-state index contributed by atoms with van der Waals surface area (Å²) >= 11 is 1.67. The molecule has 3 aliphatic heterocycles. The number of rotatable bonds is 6. The molecule has 3 aliphatic rings. The number of nitrogens with one attached hydrogen (secondary N) is 1. The topological polar surface area (TPSA) is 90.0 Å². The predicted molar refractivity (Wildman–Crippen MR) is 94.9 cm³/mol. The number of nitrogens with zero attached hydrogens (tertiary/aromatic N) is 2. The molecule has 1 unspecified atom stereocenters. The number of carbonyl (C=O) groups excluding carboxylic acids is 3. The van der Waals surface area contributed by atoms with Crippen LogP contribution in [0, 0.1) is 11.8 Å². The second-order valence-electron chi connectivity index (χ2n) is 7.36. The van der Waals surface area contributed by atoms with Gasteiger partial charge in [-0.1, -0.05) is 0 Å². The number of amides is 3. The fraction of sp³-hybridized carbons (Fsp3) is 0.824. The van der Waals surface area contributed by atoms with Crippen molar-refractivity contribution in [2.75, 3.05) is 38.2 Å². The summed E-state index contributed by atoms with van der Waals surface area (Å²) in [4.78, 5) is 39.8. The van der Waals surface area contributed by atoms with Crippen molar-refractivity contribution in [3.8, 4) is 0 Å². The first-order valence-corrected chi connectivity index (χ1v) is 10.4. The van der Waals surface area contributed by atoms with Gasteiger partial charge in [-0.15, -0.1) is 0 Å². The van der Waals surface area contributed by atoms with E-state index in [9.17, 15) is 19.5 Å². The van der Waals surface area contributed by atoms with E-state index in [0.29, 0.717) is 57.3 Å². The first-order valence-electron chi connectivity index (χ1n) is 9.01. The molecule has 0 aliphatic carbocycles. The summed E-state index contributed by atoms with van der Waals surface area (Å²) in [5.74, 6) is 1.47. The van der Waals surface area contributed by atoms with E-state index in [-0.39, 0.29) is 30.2 Å². The Hall–Kier alpha value is -1.28. The lowest BCUT2D eigenvalue weighted by Gasteiger charge is -2.24. The van der Waals surface area contributed by atoms with Crippen molar-refractivity contribution in [2.45, 2.75) is 37.8 Å². The van der Waals surface area contributed by atoms with Crippen LogP contribution in [0.3, 0.4) is 0 Å². The van der Waals surface area contributed by atoms with Gasteiger partial charge in [0, 0.05) is 44.4 Å². The molecule has 2 N–H and O–H groups in total. The van der Waals surface area contributed by atoms with Crippen LogP contribution < -0.4 is 5.32 Å². The zero-order valence-electron chi connectivity index (χ0n) is 14.6. The van der Waals surface area contributed by atoms with E-state index in [4.69, 9.17) is 0 Å². The minimum Gasteiger partial charge on any atom is -0.393 e. The van der Waals surface area contributed by atoms with Gasteiger partial charge in [0.25, 0.3) is 0 Å². The molecule has 3 amide bonds. The van der Waals surface area contributed by atoms with Crippen LogP contribution in [0.15, 0.2) is 0 Å². The number of thioether (sulfide) groups is 1. The average molecular weight is 369 g/mol. The Labute approximate surface area is 152 Å². The van der Waals surface area contributed by atoms with E-state index in [2.05, 4.69) is 5.32 Å². The monoisotopic (exact) mass is 369 g/mol. The molecule has 0 spiro atoms. The van der Waals surface area contributed by atoms with Gasteiger partial charge in [0.15, 0.2) is 0 Å². The Balaban J connectivity index is 1.45. The van der Waals surface area contributed by atoms with Crippen molar-refractivity contribution in [2.24, 2.45) is 11.8 Å². The molecule has 0 saturated carbocycles. The van der Waals surface area contributed by atoms with Crippen LogP contribution >= 0.6 is 11.8 Å². The molecule has 7 nitrogen and oxygen atoms in total. The van der Waals surface area contributed by atoms with Crippen molar-refractivity contribution in [1.29, 1.82) is 0 Å². The number of hydrogen-bond donors (Lipinski definition) is 2. The highest BCUT2D eigenvalue weighted by Gasteiger charge is 2.44. The van der Waals surface area contributed by atoms with Gasteiger partial charge in [-0.05, 0) is 24.9 Å². The highest BCUT2D eigenvalue weighted by molar-refractivity contribution is 7.98. The number of carbonyl (C=O) groups is 3. The maximum absolute atomic E-state index is 12.5. The lowest BCUT2D eigenvalue weighted by Crippen LogP contribution is -2.45. The van der Waals surface area contributed by atoms with Crippen LogP contribution in [-0.2, 0) is 14.4 Å². The number of aliphatic hydroxyl groups excluding tert-OH is 1. The Bertz CT molecular complexity index is 530. The largest absolute Gasteiger partial charge is 0.393 e. The fourth-order valence-corrected chi connectivity index (χ4v) is 4.59. The Morgan fingerprint density at radius 3 is 2.44 bits per heavy atom. The Morgan fingerprint density at radius 1 is 1.24 bits per heavy atom. The van der Waals surface area contributed by atoms with Crippen LogP contribution in [0.1, 0.15) is 25.7 Å². The van der Waals surface area contributed by atoms with E-state index < -0.39 is 6.10 Å².